The number of ether oxygens (including phenoxy) is 1. The van der Waals surface area contributed by atoms with Crippen LogP contribution in [0.15, 0.2) is 0 Å². The van der Waals surface area contributed by atoms with Gasteiger partial charge >= 0.3 is 0 Å². The molecule has 0 bridgehead atoms. The second-order valence-electron chi connectivity index (χ2n) is 5.51. The van der Waals surface area contributed by atoms with Gasteiger partial charge in [0.2, 0.25) is 0 Å². The maximum Gasteiger partial charge on any atom is 0.0469 e. The van der Waals surface area contributed by atoms with Crippen LogP contribution in [-0.4, -0.2) is 44.3 Å². The van der Waals surface area contributed by atoms with Crippen LogP contribution in [0.25, 0.3) is 0 Å². The Hall–Kier alpha value is -0.120. The lowest BCUT2D eigenvalue weighted by atomic mass is 9.99. The van der Waals surface area contributed by atoms with Gasteiger partial charge in [-0.2, -0.15) is 0 Å². The summed E-state index contributed by atoms with van der Waals surface area (Å²) in [5.74, 6) is 1.42. The lowest BCUT2D eigenvalue weighted by Crippen LogP contribution is -2.35. The van der Waals surface area contributed by atoms with E-state index in [0.29, 0.717) is 12.0 Å². The molecule has 3 nitrogen and oxygen atoms in total. The third-order valence-electron chi connectivity index (χ3n) is 3.61. The van der Waals surface area contributed by atoms with Crippen LogP contribution in [0.1, 0.15) is 33.1 Å². The van der Waals surface area contributed by atoms with Crippen molar-refractivity contribution in [1.82, 2.24) is 4.90 Å². The highest BCUT2D eigenvalue weighted by Gasteiger charge is 2.16. The van der Waals surface area contributed by atoms with Gasteiger partial charge in [-0.05, 0) is 44.7 Å². The molecule has 0 aromatic rings. The van der Waals surface area contributed by atoms with Crippen LogP contribution in [0.4, 0.5) is 0 Å². The van der Waals surface area contributed by atoms with Gasteiger partial charge in [-0.1, -0.05) is 13.8 Å². The summed E-state index contributed by atoms with van der Waals surface area (Å²) in [4.78, 5) is 2.43. The Bertz CT molecular complexity index is 179. The molecule has 3 heteroatoms. The first kappa shape index (κ1) is 13.9. The summed E-state index contributed by atoms with van der Waals surface area (Å²) < 4.78 is 5.37. The number of rotatable bonds is 6. The zero-order valence-corrected chi connectivity index (χ0v) is 11.1. The molecule has 0 aromatic carbocycles. The summed E-state index contributed by atoms with van der Waals surface area (Å²) in [7, 11) is 2.21. The van der Waals surface area contributed by atoms with Crippen LogP contribution in [0.3, 0.4) is 0 Å². The predicted molar refractivity (Wildman–Crippen MR) is 68.5 cm³/mol. The lowest BCUT2D eigenvalue weighted by molar-refractivity contribution is 0.0553. The summed E-state index contributed by atoms with van der Waals surface area (Å²) in [5.41, 5.74) is 6.05. The van der Waals surface area contributed by atoms with Crippen molar-refractivity contribution >= 4 is 0 Å². The summed E-state index contributed by atoms with van der Waals surface area (Å²) in [6, 6.07) is 0.345. The first-order valence-electron chi connectivity index (χ1n) is 6.61. The fourth-order valence-electron chi connectivity index (χ4n) is 2.16. The first-order chi connectivity index (χ1) is 7.59. The number of nitrogens with zero attached hydrogens (tertiary/aromatic N) is 1. The number of hydrogen-bond acceptors (Lipinski definition) is 3. The van der Waals surface area contributed by atoms with Crippen LogP contribution in [0, 0.1) is 11.8 Å². The van der Waals surface area contributed by atoms with Crippen LogP contribution < -0.4 is 5.73 Å². The molecule has 1 atom stereocenters. The standard InChI is InChI=1S/C13H28N2O/c1-11(2)13(14)4-7-15(3)10-12-5-8-16-9-6-12/h11-13H,4-10,14H2,1-3H3. The molecular weight excluding hydrogens is 200 g/mol. The molecule has 0 radical (unpaired) electrons. The zero-order chi connectivity index (χ0) is 12.0. The highest BCUT2D eigenvalue weighted by atomic mass is 16.5. The van der Waals surface area contributed by atoms with Gasteiger partial charge in [0.05, 0.1) is 0 Å². The molecule has 1 aliphatic rings. The molecule has 2 N–H and O–H groups in total. The summed E-state index contributed by atoms with van der Waals surface area (Å²) in [6.45, 7) is 8.62. The van der Waals surface area contributed by atoms with Gasteiger partial charge in [-0.15, -0.1) is 0 Å². The molecule has 0 amide bonds. The van der Waals surface area contributed by atoms with Crippen molar-refractivity contribution < 1.29 is 4.74 Å². The van der Waals surface area contributed by atoms with Crippen molar-refractivity contribution in [2.45, 2.75) is 39.2 Å². The van der Waals surface area contributed by atoms with E-state index in [1.807, 2.05) is 0 Å². The Balaban J connectivity index is 2.12. The topological polar surface area (TPSA) is 38.5 Å². The quantitative estimate of drug-likeness (QED) is 0.752. The molecule has 0 aromatic heterocycles. The normalized spacial score (nSPS) is 20.6. The van der Waals surface area contributed by atoms with E-state index >= 15 is 0 Å². The van der Waals surface area contributed by atoms with Crippen molar-refractivity contribution in [2.75, 3.05) is 33.4 Å². The van der Waals surface area contributed by atoms with E-state index in [9.17, 15) is 0 Å². The van der Waals surface area contributed by atoms with Crippen LogP contribution >= 0.6 is 0 Å². The van der Waals surface area contributed by atoms with Gasteiger partial charge in [0, 0.05) is 25.8 Å². The van der Waals surface area contributed by atoms with Crippen molar-refractivity contribution in [3.05, 3.63) is 0 Å². The molecule has 0 aliphatic carbocycles. The van der Waals surface area contributed by atoms with Gasteiger partial charge in [0.1, 0.15) is 0 Å². The van der Waals surface area contributed by atoms with E-state index in [0.717, 1.165) is 32.1 Å². The maximum atomic E-state index is 6.05. The third kappa shape index (κ3) is 5.28. The van der Waals surface area contributed by atoms with Gasteiger partial charge in [0.15, 0.2) is 0 Å². The van der Waals surface area contributed by atoms with E-state index in [2.05, 4.69) is 25.8 Å². The molecule has 1 saturated heterocycles. The molecule has 1 rings (SSSR count). The van der Waals surface area contributed by atoms with Gasteiger partial charge in [0.25, 0.3) is 0 Å². The van der Waals surface area contributed by atoms with E-state index in [1.165, 1.54) is 19.4 Å². The average Bonchev–Trinajstić information content (AvgIpc) is 2.27. The van der Waals surface area contributed by atoms with E-state index < -0.39 is 0 Å². The Morgan fingerprint density at radius 2 is 1.94 bits per heavy atom. The molecular formula is C13H28N2O. The highest BCUT2D eigenvalue weighted by Crippen LogP contribution is 2.15. The number of hydrogen-bond donors (Lipinski definition) is 1. The van der Waals surface area contributed by atoms with Gasteiger partial charge < -0.3 is 15.4 Å². The van der Waals surface area contributed by atoms with Crippen molar-refractivity contribution in [3.63, 3.8) is 0 Å². The second kappa shape index (κ2) is 7.25. The minimum absolute atomic E-state index is 0.345. The highest BCUT2D eigenvalue weighted by molar-refractivity contribution is 4.70. The molecule has 0 saturated carbocycles. The summed E-state index contributed by atoms with van der Waals surface area (Å²) in [6.07, 6.45) is 3.55. The second-order valence-corrected chi connectivity index (χ2v) is 5.51. The summed E-state index contributed by atoms with van der Waals surface area (Å²) in [5, 5.41) is 0. The molecule has 1 fully saturated rings. The smallest absolute Gasteiger partial charge is 0.0469 e. The Morgan fingerprint density at radius 1 is 1.31 bits per heavy atom. The van der Waals surface area contributed by atoms with Crippen molar-refractivity contribution in [3.8, 4) is 0 Å². The van der Waals surface area contributed by atoms with Crippen LogP contribution in [-0.2, 0) is 4.74 Å². The molecule has 16 heavy (non-hydrogen) atoms. The van der Waals surface area contributed by atoms with Crippen LogP contribution in [0.2, 0.25) is 0 Å². The minimum Gasteiger partial charge on any atom is -0.381 e. The van der Waals surface area contributed by atoms with E-state index in [-0.39, 0.29) is 0 Å². The molecule has 1 unspecified atom stereocenters. The number of nitrogens with two attached hydrogens (primary N) is 1. The molecule has 1 heterocycles. The maximum absolute atomic E-state index is 6.05. The van der Waals surface area contributed by atoms with Crippen LogP contribution in [0.5, 0.6) is 0 Å². The van der Waals surface area contributed by atoms with Crippen molar-refractivity contribution in [2.24, 2.45) is 17.6 Å². The monoisotopic (exact) mass is 228 g/mol. The lowest BCUT2D eigenvalue weighted by Gasteiger charge is -2.28. The largest absolute Gasteiger partial charge is 0.381 e. The minimum atomic E-state index is 0.345. The predicted octanol–water partition coefficient (Wildman–Crippen LogP) is 1.72. The average molecular weight is 228 g/mol. The first-order valence-corrected chi connectivity index (χ1v) is 6.61. The zero-order valence-electron chi connectivity index (χ0n) is 11.1. The van der Waals surface area contributed by atoms with E-state index in [4.69, 9.17) is 10.5 Å². The molecule has 96 valence electrons. The van der Waals surface area contributed by atoms with Gasteiger partial charge in [-0.25, -0.2) is 0 Å². The van der Waals surface area contributed by atoms with E-state index in [1.54, 1.807) is 0 Å². The SMILES string of the molecule is CC(C)C(N)CCN(C)CC1CCOCC1. The Morgan fingerprint density at radius 3 is 2.50 bits per heavy atom. The molecule has 0 spiro atoms. The van der Waals surface area contributed by atoms with Gasteiger partial charge in [-0.3, -0.25) is 0 Å². The van der Waals surface area contributed by atoms with Crippen molar-refractivity contribution in [1.29, 1.82) is 0 Å². The Labute approximate surface area is 100 Å². The Kier molecular flexibility index (Phi) is 6.32. The summed E-state index contributed by atoms with van der Waals surface area (Å²) >= 11 is 0. The molecule has 1 aliphatic heterocycles. The fraction of sp³-hybridized carbons (Fsp3) is 1.00. The fourth-order valence-corrected chi connectivity index (χ4v) is 2.16. The third-order valence-corrected chi connectivity index (χ3v) is 3.61.